The third-order valence-corrected chi connectivity index (χ3v) is 12.1. The fourth-order valence-electron chi connectivity index (χ4n) is 4.35. The predicted octanol–water partition coefficient (Wildman–Crippen LogP) is 8.15. The first-order valence-electron chi connectivity index (χ1n) is 11.8. The quantitative estimate of drug-likeness (QED) is 0.139. The Labute approximate surface area is 220 Å². The van der Waals surface area contributed by atoms with Gasteiger partial charge in [0.05, 0.1) is 0 Å². The van der Waals surface area contributed by atoms with Gasteiger partial charge in [-0.05, 0) is 28.8 Å². The molecule has 0 atom stereocenters. The SMILES string of the molecule is CC(C)(C)P(C[c-]1cccc1P(c1ccccc1)c1ccccc1)C(C)(C)C.[Fe].[cH-]1[cH-][cH-][cH-][cH-]1. The van der Waals surface area contributed by atoms with Crippen LogP contribution in [-0.4, -0.2) is 10.3 Å². The normalized spacial score (nSPS) is 11.6. The second kappa shape index (κ2) is 13.0. The third kappa shape index (κ3) is 8.04. The Bertz CT molecular complexity index is 981. The Kier molecular flexibility index (Phi) is 11.0. The molecule has 0 heterocycles. The predicted molar refractivity (Wildman–Crippen MR) is 153 cm³/mol. The molecule has 0 saturated carbocycles. The van der Waals surface area contributed by atoms with Crippen LogP contribution in [0.3, 0.4) is 0 Å². The van der Waals surface area contributed by atoms with Gasteiger partial charge in [-0.1, -0.05) is 108 Å². The van der Waals surface area contributed by atoms with E-state index in [0.717, 1.165) is 0 Å². The Morgan fingerprint density at radius 1 is 0.618 bits per heavy atom. The van der Waals surface area contributed by atoms with E-state index in [1.54, 1.807) is 5.56 Å². The first-order chi connectivity index (χ1) is 15.7. The second-order valence-electron chi connectivity index (χ2n) is 10.3. The zero-order chi connectivity index (χ0) is 23.9. The molecule has 0 aliphatic rings. The van der Waals surface area contributed by atoms with Crippen LogP contribution in [0.1, 0.15) is 47.1 Å². The van der Waals surface area contributed by atoms with Crippen molar-refractivity contribution in [3.05, 3.63) is 115 Å². The van der Waals surface area contributed by atoms with Crippen LogP contribution in [-0.2, 0) is 23.2 Å². The fourth-order valence-corrected chi connectivity index (χ4v) is 10.5. The van der Waals surface area contributed by atoms with Gasteiger partial charge in [0.15, 0.2) is 0 Å². The summed E-state index contributed by atoms with van der Waals surface area (Å²) in [5.74, 6) is 0. The van der Waals surface area contributed by atoms with E-state index in [1.165, 1.54) is 22.1 Å². The van der Waals surface area contributed by atoms with Gasteiger partial charge >= 0.3 is 0 Å². The van der Waals surface area contributed by atoms with Crippen molar-refractivity contribution < 1.29 is 17.1 Å². The average Bonchev–Trinajstić information content (AvgIpc) is 3.48. The molecule has 0 unspecified atom stereocenters. The molecule has 0 spiro atoms. The van der Waals surface area contributed by atoms with Crippen molar-refractivity contribution >= 4 is 31.8 Å². The minimum atomic E-state index is -0.522. The van der Waals surface area contributed by atoms with Gasteiger partial charge in [-0.3, -0.25) is 0 Å². The van der Waals surface area contributed by atoms with Gasteiger partial charge in [0.2, 0.25) is 0 Å². The summed E-state index contributed by atoms with van der Waals surface area (Å²) in [5.41, 5.74) is 1.55. The van der Waals surface area contributed by atoms with Crippen LogP contribution in [0.5, 0.6) is 0 Å². The van der Waals surface area contributed by atoms with Crippen molar-refractivity contribution in [3.8, 4) is 0 Å². The smallest absolute Gasteiger partial charge is 0 e. The monoisotopic (exact) mass is 528 g/mol. The molecule has 186 valence electrons. The van der Waals surface area contributed by atoms with Crippen molar-refractivity contribution in [2.75, 3.05) is 0 Å². The van der Waals surface area contributed by atoms with Crippen molar-refractivity contribution in [3.63, 3.8) is 0 Å². The zero-order valence-electron chi connectivity index (χ0n) is 21.3. The molecular formula is C31H38FeP2-6. The van der Waals surface area contributed by atoms with E-state index < -0.39 is 7.92 Å². The summed E-state index contributed by atoms with van der Waals surface area (Å²) in [6.07, 6.45) is 1.20. The van der Waals surface area contributed by atoms with Crippen LogP contribution in [0, 0.1) is 0 Å². The number of rotatable bonds is 5. The molecule has 0 saturated heterocycles. The maximum atomic E-state index is 2.42. The maximum Gasteiger partial charge on any atom is 0 e. The molecule has 0 fully saturated rings. The largest absolute Gasteiger partial charge is 0.748 e. The topological polar surface area (TPSA) is 0 Å². The first kappa shape index (κ1) is 28.8. The fraction of sp³-hybridized carbons (Fsp3) is 0.290. The molecule has 0 aliphatic heterocycles. The molecule has 0 amide bonds. The Balaban J connectivity index is 0.000000603. The third-order valence-electron chi connectivity index (χ3n) is 5.65. The summed E-state index contributed by atoms with van der Waals surface area (Å²) in [5, 5.41) is 5.08. The maximum absolute atomic E-state index is 2.42. The number of hydrogen-bond acceptors (Lipinski definition) is 0. The van der Waals surface area contributed by atoms with Gasteiger partial charge in [0.1, 0.15) is 0 Å². The van der Waals surface area contributed by atoms with Crippen molar-refractivity contribution in [1.82, 2.24) is 0 Å². The Morgan fingerprint density at radius 2 is 1.03 bits per heavy atom. The minimum Gasteiger partial charge on any atom is -0.748 e. The van der Waals surface area contributed by atoms with Crippen molar-refractivity contribution in [2.24, 2.45) is 0 Å². The molecule has 4 rings (SSSR count). The summed E-state index contributed by atoms with van der Waals surface area (Å²) in [4.78, 5) is 0. The molecule has 0 bridgehead atoms. The van der Waals surface area contributed by atoms with E-state index in [1.807, 2.05) is 30.3 Å². The van der Waals surface area contributed by atoms with Gasteiger partial charge in [-0.15, -0.1) is 18.8 Å². The minimum absolute atomic E-state index is 0. The van der Waals surface area contributed by atoms with Crippen LogP contribution in [0.15, 0.2) is 109 Å². The van der Waals surface area contributed by atoms with Gasteiger partial charge in [-0.25, -0.2) is 12.1 Å². The van der Waals surface area contributed by atoms with E-state index in [0.29, 0.717) is 10.3 Å². The van der Waals surface area contributed by atoms with Gasteiger partial charge in [0.25, 0.3) is 0 Å². The average molecular weight is 528 g/mol. The number of benzene rings is 2. The van der Waals surface area contributed by atoms with Gasteiger partial charge in [0, 0.05) is 17.1 Å². The van der Waals surface area contributed by atoms with E-state index in [2.05, 4.69) is 120 Å². The summed E-state index contributed by atoms with van der Waals surface area (Å²) < 4.78 is 0. The van der Waals surface area contributed by atoms with Gasteiger partial charge in [-0.2, -0.15) is 6.07 Å². The summed E-state index contributed by atoms with van der Waals surface area (Å²) in [6.45, 7) is 14.5. The molecule has 0 radical (unpaired) electrons. The Hall–Kier alpha value is -1.48. The molecule has 0 aromatic heterocycles. The molecule has 0 nitrogen and oxygen atoms in total. The van der Waals surface area contributed by atoms with E-state index >= 15 is 0 Å². The van der Waals surface area contributed by atoms with E-state index in [4.69, 9.17) is 0 Å². The van der Waals surface area contributed by atoms with Crippen LogP contribution >= 0.6 is 15.8 Å². The molecule has 0 aliphatic carbocycles. The second-order valence-corrected chi connectivity index (χ2v) is 16.4. The molecule has 4 aromatic carbocycles. The number of hydrogen-bond donors (Lipinski definition) is 0. The molecule has 34 heavy (non-hydrogen) atoms. The summed E-state index contributed by atoms with van der Waals surface area (Å²) in [6, 6.07) is 39.1. The molecular weight excluding hydrogens is 490 g/mol. The summed E-state index contributed by atoms with van der Waals surface area (Å²) in [7, 11) is -0.683. The zero-order valence-corrected chi connectivity index (χ0v) is 24.2. The van der Waals surface area contributed by atoms with Crippen molar-refractivity contribution in [1.29, 1.82) is 0 Å². The first-order valence-corrected chi connectivity index (χ1v) is 14.6. The van der Waals surface area contributed by atoms with Crippen LogP contribution in [0.25, 0.3) is 0 Å². The molecule has 3 heteroatoms. The van der Waals surface area contributed by atoms with E-state index in [-0.39, 0.29) is 25.0 Å². The van der Waals surface area contributed by atoms with Crippen LogP contribution in [0.4, 0.5) is 0 Å². The van der Waals surface area contributed by atoms with Gasteiger partial charge < -0.3 is 30.3 Å². The standard InChI is InChI=1S/C26H33P2.C5H5.Fe/c1-25(2,3)27(26(4,5)6)20-21-14-13-19-24(21)28(22-15-9-7-10-16-22)23-17-11-8-12-18-23;1-2-4-5-3-1;/h7-19H,20H2,1-6H3;1-5H;/q-1;-5;. The van der Waals surface area contributed by atoms with Crippen LogP contribution < -0.4 is 15.9 Å². The molecule has 0 N–H and O–H groups in total. The molecule has 4 aromatic rings. The summed E-state index contributed by atoms with van der Waals surface area (Å²) >= 11 is 0. The Morgan fingerprint density at radius 3 is 1.41 bits per heavy atom. The van der Waals surface area contributed by atoms with E-state index in [9.17, 15) is 0 Å². The van der Waals surface area contributed by atoms with Crippen LogP contribution in [0.2, 0.25) is 0 Å². The van der Waals surface area contributed by atoms with Crippen molar-refractivity contribution in [2.45, 2.75) is 58.0 Å².